The van der Waals surface area contributed by atoms with E-state index in [0.717, 1.165) is 35.8 Å². The zero-order valence-electron chi connectivity index (χ0n) is 14.8. The Labute approximate surface area is 143 Å². The smallest absolute Gasteiger partial charge is 0.164 e. The number of piperazine rings is 1. The van der Waals surface area contributed by atoms with Crippen molar-refractivity contribution in [1.29, 1.82) is 0 Å². The molecule has 2 saturated heterocycles. The first kappa shape index (κ1) is 15.7. The van der Waals surface area contributed by atoms with E-state index in [1.165, 1.54) is 26.2 Å². The van der Waals surface area contributed by atoms with Crippen molar-refractivity contribution in [2.75, 3.05) is 44.2 Å². The third-order valence-corrected chi connectivity index (χ3v) is 5.32. The Morgan fingerprint density at radius 1 is 1.08 bits per heavy atom. The van der Waals surface area contributed by atoms with Crippen molar-refractivity contribution in [2.45, 2.75) is 32.9 Å². The molecule has 0 amide bonds. The molecule has 4 rings (SSSR count). The lowest BCUT2D eigenvalue weighted by Crippen LogP contribution is -2.63. The molecule has 0 saturated carbocycles. The van der Waals surface area contributed by atoms with E-state index < -0.39 is 0 Å². The monoisotopic (exact) mass is 326 g/mol. The van der Waals surface area contributed by atoms with Crippen molar-refractivity contribution in [3.63, 3.8) is 0 Å². The van der Waals surface area contributed by atoms with Crippen LogP contribution in [0.4, 0.5) is 5.82 Å². The summed E-state index contributed by atoms with van der Waals surface area (Å²) in [6.45, 7) is 13.4. The van der Waals surface area contributed by atoms with Gasteiger partial charge in [-0.15, -0.1) is 0 Å². The molecule has 0 radical (unpaired) electrons. The van der Waals surface area contributed by atoms with Gasteiger partial charge in [0.1, 0.15) is 11.6 Å². The quantitative estimate of drug-likeness (QED) is 0.853. The van der Waals surface area contributed by atoms with Gasteiger partial charge in [-0.3, -0.25) is 9.80 Å². The Morgan fingerprint density at radius 2 is 1.83 bits per heavy atom. The SMILES string of the molecule is Cc1nc(N2CC(N3CCN(C(C)C)CC3)C2)c2cccnc2n1. The summed E-state index contributed by atoms with van der Waals surface area (Å²) in [4.78, 5) is 21.1. The second-order valence-electron chi connectivity index (χ2n) is 7.19. The highest BCUT2D eigenvalue weighted by Crippen LogP contribution is 2.28. The molecular weight excluding hydrogens is 300 g/mol. The summed E-state index contributed by atoms with van der Waals surface area (Å²) < 4.78 is 0. The molecule has 4 heterocycles. The molecule has 2 aliphatic rings. The van der Waals surface area contributed by atoms with Gasteiger partial charge in [0, 0.05) is 57.5 Å². The van der Waals surface area contributed by atoms with Crippen LogP contribution in [0.2, 0.25) is 0 Å². The van der Waals surface area contributed by atoms with Crippen LogP contribution in [0.25, 0.3) is 11.0 Å². The first-order valence-corrected chi connectivity index (χ1v) is 8.94. The summed E-state index contributed by atoms with van der Waals surface area (Å²) in [5.41, 5.74) is 0.800. The fraction of sp³-hybridized carbons (Fsp3) is 0.611. The van der Waals surface area contributed by atoms with Crippen LogP contribution < -0.4 is 4.90 Å². The highest BCUT2D eigenvalue weighted by Gasteiger charge is 2.35. The van der Waals surface area contributed by atoms with Gasteiger partial charge in [0.25, 0.3) is 0 Å². The third kappa shape index (κ3) is 2.84. The average Bonchev–Trinajstić information content (AvgIpc) is 2.53. The molecule has 24 heavy (non-hydrogen) atoms. The first-order chi connectivity index (χ1) is 11.6. The number of hydrogen-bond donors (Lipinski definition) is 0. The van der Waals surface area contributed by atoms with Gasteiger partial charge in [0.2, 0.25) is 0 Å². The molecule has 2 aromatic heterocycles. The van der Waals surface area contributed by atoms with E-state index in [0.29, 0.717) is 12.1 Å². The topological polar surface area (TPSA) is 48.4 Å². The molecule has 0 N–H and O–H groups in total. The molecule has 0 atom stereocenters. The number of hydrogen-bond acceptors (Lipinski definition) is 6. The Balaban J connectivity index is 1.43. The van der Waals surface area contributed by atoms with Crippen LogP contribution in [-0.2, 0) is 0 Å². The summed E-state index contributed by atoms with van der Waals surface area (Å²) in [5.74, 6) is 1.84. The van der Waals surface area contributed by atoms with Gasteiger partial charge >= 0.3 is 0 Å². The Bertz CT molecular complexity index is 717. The summed E-state index contributed by atoms with van der Waals surface area (Å²) >= 11 is 0. The van der Waals surface area contributed by atoms with E-state index in [1.54, 1.807) is 6.20 Å². The zero-order valence-corrected chi connectivity index (χ0v) is 14.8. The van der Waals surface area contributed by atoms with Crippen LogP contribution in [0.15, 0.2) is 18.3 Å². The van der Waals surface area contributed by atoms with Gasteiger partial charge < -0.3 is 4.90 Å². The van der Waals surface area contributed by atoms with Crippen LogP contribution in [0.5, 0.6) is 0 Å². The van der Waals surface area contributed by atoms with E-state index in [9.17, 15) is 0 Å². The summed E-state index contributed by atoms with van der Waals surface area (Å²) in [5, 5.41) is 1.06. The maximum atomic E-state index is 4.69. The Hall–Kier alpha value is -1.79. The number of pyridine rings is 1. The minimum Gasteiger partial charge on any atom is -0.353 e. The lowest BCUT2D eigenvalue weighted by Gasteiger charge is -2.49. The van der Waals surface area contributed by atoms with Crippen LogP contribution in [-0.4, -0.2) is 76.1 Å². The van der Waals surface area contributed by atoms with Gasteiger partial charge in [-0.05, 0) is 32.9 Å². The second kappa shape index (κ2) is 6.26. The number of aromatic nitrogens is 3. The molecule has 2 aromatic rings. The van der Waals surface area contributed by atoms with Crippen molar-refractivity contribution in [2.24, 2.45) is 0 Å². The Morgan fingerprint density at radius 3 is 2.54 bits per heavy atom. The van der Waals surface area contributed by atoms with E-state index in [-0.39, 0.29) is 0 Å². The molecule has 0 aromatic carbocycles. The lowest BCUT2D eigenvalue weighted by molar-refractivity contribution is 0.0677. The molecule has 6 nitrogen and oxygen atoms in total. The molecule has 0 spiro atoms. The van der Waals surface area contributed by atoms with Crippen molar-refractivity contribution in [3.8, 4) is 0 Å². The van der Waals surface area contributed by atoms with Crippen molar-refractivity contribution in [1.82, 2.24) is 24.8 Å². The van der Waals surface area contributed by atoms with E-state index >= 15 is 0 Å². The van der Waals surface area contributed by atoms with Crippen molar-refractivity contribution < 1.29 is 0 Å². The second-order valence-corrected chi connectivity index (χ2v) is 7.19. The first-order valence-electron chi connectivity index (χ1n) is 8.94. The lowest BCUT2D eigenvalue weighted by atomic mass is 10.0. The van der Waals surface area contributed by atoms with E-state index in [1.807, 2.05) is 13.0 Å². The average molecular weight is 326 g/mol. The fourth-order valence-corrected chi connectivity index (χ4v) is 3.77. The normalized spacial score (nSPS) is 20.8. The standard InChI is InChI=1S/C18H26N6/c1-13(2)22-7-9-23(10-8-22)15-11-24(12-15)18-16-5-4-6-19-17(16)20-14(3)21-18/h4-6,13,15H,7-12H2,1-3H3. The van der Waals surface area contributed by atoms with Gasteiger partial charge in [-0.2, -0.15) is 0 Å². The highest BCUT2D eigenvalue weighted by molar-refractivity contribution is 5.87. The molecule has 0 bridgehead atoms. The van der Waals surface area contributed by atoms with Gasteiger partial charge in [0.15, 0.2) is 5.65 Å². The predicted molar refractivity (Wildman–Crippen MR) is 96.4 cm³/mol. The van der Waals surface area contributed by atoms with E-state index in [2.05, 4.69) is 49.6 Å². The summed E-state index contributed by atoms with van der Waals surface area (Å²) in [7, 11) is 0. The minimum atomic E-state index is 0.654. The number of nitrogens with zero attached hydrogens (tertiary/aromatic N) is 6. The zero-order chi connectivity index (χ0) is 16.7. The molecule has 6 heteroatoms. The molecule has 0 aliphatic carbocycles. The summed E-state index contributed by atoms with van der Waals surface area (Å²) in [6.07, 6.45) is 1.80. The van der Waals surface area contributed by atoms with Crippen molar-refractivity contribution in [3.05, 3.63) is 24.2 Å². The number of aryl methyl sites for hydroxylation is 1. The minimum absolute atomic E-state index is 0.654. The number of rotatable bonds is 3. The molecule has 2 fully saturated rings. The number of fused-ring (bicyclic) bond motifs is 1. The maximum absolute atomic E-state index is 4.69. The molecule has 0 unspecified atom stereocenters. The van der Waals surface area contributed by atoms with Gasteiger partial charge in [-0.25, -0.2) is 15.0 Å². The third-order valence-electron chi connectivity index (χ3n) is 5.32. The van der Waals surface area contributed by atoms with Crippen LogP contribution in [0.3, 0.4) is 0 Å². The van der Waals surface area contributed by atoms with Crippen LogP contribution in [0.1, 0.15) is 19.7 Å². The van der Waals surface area contributed by atoms with Crippen LogP contribution >= 0.6 is 0 Å². The molecule has 2 aliphatic heterocycles. The molecular formula is C18H26N6. The number of anilines is 1. The molecule has 128 valence electrons. The summed E-state index contributed by atoms with van der Waals surface area (Å²) in [6, 6.07) is 5.35. The van der Waals surface area contributed by atoms with Gasteiger partial charge in [-0.1, -0.05) is 0 Å². The van der Waals surface area contributed by atoms with Crippen LogP contribution in [0, 0.1) is 6.92 Å². The Kier molecular flexibility index (Phi) is 4.10. The maximum Gasteiger partial charge on any atom is 0.164 e. The largest absolute Gasteiger partial charge is 0.353 e. The van der Waals surface area contributed by atoms with Gasteiger partial charge in [0.05, 0.1) is 5.39 Å². The predicted octanol–water partition coefficient (Wildman–Crippen LogP) is 1.55. The fourth-order valence-electron chi connectivity index (χ4n) is 3.77. The highest BCUT2D eigenvalue weighted by atomic mass is 15.4. The van der Waals surface area contributed by atoms with Crippen molar-refractivity contribution >= 4 is 16.9 Å². The van der Waals surface area contributed by atoms with E-state index in [4.69, 9.17) is 0 Å².